The molecule has 1 N–H and O–H groups in total. The Morgan fingerprint density at radius 2 is 1.89 bits per heavy atom. The van der Waals surface area contributed by atoms with Crippen LogP contribution in [0.2, 0.25) is 0 Å². The summed E-state index contributed by atoms with van der Waals surface area (Å²) in [6.45, 7) is 1.50. The lowest BCUT2D eigenvalue weighted by atomic mass is 10.1. The molecule has 0 unspecified atom stereocenters. The van der Waals surface area contributed by atoms with Crippen molar-refractivity contribution >= 4 is 16.9 Å². The van der Waals surface area contributed by atoms with Crippen LogP contribution in [0.25, 0.3) is 11.0 Å². The molecule has 27 heavy (non-hydrogen) atoms. The molecule has 0 fully saturated rings. The molecular formula is C20H18O7. The number of hydrogen-bond acceptors (Lipinski definition) is 7. The van der Waals surface area contributed by atoms with Crippen LogP contribution in [0.1, 0.15) is 21.5 Å². The minimum absolute atomic E-state index is 0.0164. The van der Waals surface area contributed by atoms with Crippen LogP contribution in [0.5, 0.6) is 17.2 Å². The summed E-state index contributed by atoms with van der Waals surface area (Å²) in [6, 6.07) is 9.11. The third-order valence-electron chi connectivity index (χ3n) is 4.21. The van der Waals surface area contributed by atoms with Crippen molar-refractivity contribution in [3.05, 3.63) is 63.5 Å². The summed E-state index contributed by atoms with van der Waals surface area (Å²) in [5, 5.41) is 10.4. The maximum atomic E-state index is 12.5. The molecule has 140 valence electrons. The van der Waals surface area contributed by atoms with Crippen LogP contribution in [0, 0.1) is 6.92 Å². The van der Waals surface area contributed by atoms with Crippen LogP contribution in [-0.2, 0) is 11.3 Å². The summed E-state index contributed by atoms with van der Waals surface area (Å²) in [5.41, 5.74) is 0.819. The van der Waals surface area contributed by atoms with E-state index in [1.807, 2.05) is 0 Å². The molecule has 1 heterocycles. The van der Waals surface area contributed by atoms with Crippen molar-refractivity contribution in [2.75, 3.05) is 14.2 Å². The van der Waals surface area contributed by atoms with Gasteiger partial charge in [0.2, 0.25) is 0 Å². The molecule has 7 heteroatoms. The fourth-order valence-corrected chi connectivity index (χ4v) is 2.72. The molecular weight excluding hydrogens is 352 g/mol. The third kappa shape index (κ3) is 3.57. The number of rotatable bonds is 5. The molecule has 7 nitrogen and oxygen atoms in total. The number of phenolic OH excluding ortho intramolecular Hbond substituents is 1. The predicted molar refractivity (Wildman–Crippen MR) is 97.6 cm³/mol. The Bertz CT molecular complexity index is 1070. The lowest BCUT2D eigenvalue weighted by Gasteiger charge is -2.11. The number of aryl methyl sites for hydroxylation is 1. The number of esters is 1. The molecule has 1 aromatic heterocycles. The van der Waals surface area contributed by atoms with Crippen LogP contribution in [0.15, 0.2) is 45.6 Å². The molecule has 0 saturated carbocycles. The van der Waals surface area contributed by atoms with Crippen molar-refractivity contribution in [2.24, 2.45) is 0 Å². The minimum Gasteiger partial charge on any atom is -0.508 e. The molecule has 0 bridgehead atoms. The largest absolute Gasteiger partial charge is 0.508 e. The number of benzene rings is 2. The van der Waals surface area contributed by atoms with Crippen molar-refractivity contribution in [1.82, 2.24) is 0 Å². The van der Waals surface area contributed by atoms with Gasteiger partial charge in [-0.3, -0.25) is 0 Å². The van der Waals surface area contributed by atoms with Crippen molar-refractivity contribution in [3.8, 4) is 17.2 Å². The zero-order valence-electron chi connectivity index (χ0n) is 15.1. The Morgan fingerprint density at radius 1 is 1.11 bits per heavy atom. The number of aromatic hydroxyl groups is 1. The first-order chi connectivity index (χ1) is 12.9. The first-order valence-corrected chi connectivity index (χ1v) is 8.09. The Hall–Kier alpha value is -3.48. The topological polar surface area (TPSA) is 95.2 Å². The lowest BCUT2D eigenvalue weighted by molar-refractivity contribution is 0.0470. The van der Waals surface area contributed by atoms with Crippen LogP contribution < -0.4 is 15.1 Å². The standard InChI is InChI=1S/C20H18O7/c1-11-16(21)7-6-14-12(8-18(22)27-19(11)14)10-26-20(23)15-5-4-13(24-2)9-17(15)25-3/h4-9,21H,10H2,1-3H3. The smallest absolute Gasteiger partial charge is 0.342 e. The molecule has 0 aliphatic carbocycles. The summed E-state index contributed by atoms with van der Waals surface area (Å²) in [7, 11) is 2.95. The SMILES string of the molecule is COc1ccc(C(=O)OCc2cc(=O)oc3c(C)c(O)ccc23)c(OC)c1. The van der Waals surface area contributed by atoms with E-state index < -0.39 is 11.6 Å². The van der Waals surface area contributed by atoms with Gasteiger partial charge >= 0.3 is 11.6 Å². The van der Waals surface area contributed by atoms with E-state index in [0.717, 1.165) is 0 Å². The Kier molecular flexibility index (Phi) is 5.03. The van der Waals surface area contributed by atoms with Crippen LogP contribution >= 0.6 is 0 Å². The molecule has 2 aromatic carbocycles. The van der Waals surface area contributed by atoms with Gasteiger partial charge in [0.1, 0.15) is 35.0 Å². The molecule has 0 aliphatic rings. The van der Waals surface area contributed by atoms with Crippen molar-refractivity contribution < 1.29 is 28.5 Å². The fourth-order valence-electron chi connectivity index (χ4n) is 2.72. The predicted octanol–water partition coefficient (Wildman–Crippen LogP) is 3.18. The summed E-state index contributed by atoms with van der Waals surface area (Å²) in [6.07, 6.45) is 0. The Morgan fingerprint density at radius 3 is 2.59 bits per heavy atom. The average molecular weight is 370 g/mol. The van der Waals surface area contributed by atoms with Gasteiger partial charge in [0, 0.05) is 28.6 Å². The highest BCUT2D eigenvalue weighted by molar-refractivity contribution is 5.93. The van der Waals surface area contributed by atoms with E-state index in [2.05, 4.69) is 0 Å². The summed E-state index contributed by atoms with van der Waals surface area (Å²) < 4.78 is 20.8. The van der Waals surface area contributed by atoms with Gasteiger partial charge < -0.3 is 23.7 Å². The van der Waals surface area contributed by atoms with Crippen molar-refractivity contribution in [3.63, 3.8) is 0 Å². The van der Waals surface area contributed by atoms with Gasteiger partial charge in [-0.25, -0.2) is 9.59 Å². The van der Waals surface area contributed by atoms with Gasteiger partial charge in [-0.2, -0.15) is 0 Å². The van der Waals surface area contributed by atoms with Gasteiger partial charge in [0.15, 0.2) is 0 Å². The quantitative estimate of drug-likeness (QED) is 0.544. The zero-order valence-corrected chi connectivity index (χ0v) is 15.1. The second-order valence-electron chi connectivity index (χ2n) is 5.82. The normalized spacial score (nSPS) is 10.6. The number of carbonyl (C=O) groups is 1. The van der Waals surface area contributed by atoms with Crippen LogP contribution in [0.4, 0.5) is 0 Å². The number of carbonyl (C=O) groups excluding carboxylic acids is 1. The highest BCUT2D eigenvalue weighted by Gasteiger charge is 2.17. The third-order valence-corrected chi connectivity index (χ3v) is 4.21. The van der Waals surface area contributed by atoms with Crippen molar-refractivity contribution in [2.45, 2.75) is 13.5 Å². The Balaban J connectivity index is 1.90. The second kappa shape index (κ2) is 7.41. The van der Waals surface area contributed by atoms with Crippen LogP contribution in [-0.4, -0.2) is 25.3 Å². The molecule has 0 atom stereocenters. The second-order valence-corrected chi connectivity index (χ2v) is 5.82. The number of hydrogen-bond donors (Lipinski definition) is 1. The molecule has 0 spiro atoms. The van der Waals surface area contributed by atoms with E-state index in [0.29, 0.717) is 28.0 Å². The molecule has 0 saturated heterocycles. The summed E-state index contributed by atoms with van der Waals surface area (Å²) in [5.74, 6) is 0.275. The zero-order chi connectivity index (χ0) is 19.6. The first-order valence-electron chi connectivity index (χ1n) is 8.09. The van der Waals surface area contributed by atoms with Gasteiger partial charge in [-0.15, -0.1) is 0 Å². The highest BCUT2D eigenvalue weighted by atomic mass is 16.5. The number of methoxy groups -OCH3 is 2. The Labute approximate surface area is 154 Å². The van der Waals surface area contributed by atoms with E-state index in [4.69, 9.17) is 18.6 Å². The number of phenols is 1. The average Bonchev–Trinajstić information content (AvgIpc) is 2.68. The number of ether oxygens (including phenoxy) is 3. The fraction of sp³-hybridized carbons (Fsp3) is 0.200. The monoisotopic (exact) mass is 370 g/mol. The van der Waals surface area contributed by atoms with Crippen molar-refractivity contribution in [1.29, 1.82) is 0 Å². The lowest BCUT2D eigenvalue weighted by Crippen LogP contribution is -2.09. The summed E-state index contributed by atoms with van der Waals surface area (Å²) in [4.78, 5) is 24.3. The molecule has 3 aromatic rings. The maximum absolute atomic E-state index is 12.5. The van der Waals surface area contributed by atoms with E-state index in [1.54, 1.807) is 31.2 Å². The molecule has 0 aliphatic heterocycles. The van der Waals surface area contributed by atoms with Gasteiger partial charge in [0.05, 0.1) is 14.2 Å². The molecule has 3 rings (SSSR count). The molecule has 0 radical (unpaired) electrons. The van der Waals surface area contributed by atoms with E-state index in [-0.39, 0.29) is 23.5 Å². The first kappa shape index (κ1) is 18.3. The molecule has 0 amide bonds. The van der Waals surface area contributed by atoms with E-state index >= 15 is 0 Å². The van der Waals surface area contributed by atoms with Gasteiger partial charge in [-0.1, -0.05) is 0 Å². The summed E-state index contributed by atoms with van der Waals surface area (Å²) >= 11 is 0. The minimum atomic E-state index is -0.605. The maximum Gasteiger partial charge on any atom is 0.342 e. The van der Waals surface area contributed by atoms with Crippen LogP contribution in [0.3, 0.4) is 0 Å². The van der Waals surface area contributed by atoms with Gasteiger partial charge in [-0.05, 0) is 31.2 Å². The van der Waals surface area contributed by atoms with E-state index in [9.17, 15) is 14.7 Å². The number of fused-ring (bicyclic) bond motifs is 1. The van der Waals surface area contributed by atoms with E-state index in [1.165, 1.54) is 26.4 Å². The highest BCUT2D eigenvalue weighted by Crippen LogP contribution is 2.29. The van der Waals surface area contributed by atoms with Gasteiger partial charge in [0.25, 0.3) is 0 Å².